The molecule has 0 saturated carbocycles. The number of benzene rings is 1. The Bertz CT molecular complexity index is 1540. The quantitative estimate of drug-likeness (QED) is 0.278. The van der Waals surface area contributed by atoms with Crippen molar-refractivity contribution in [1.29, 1.82) is 5.26 Å². The van der Waals surface area contributed by atoms with Crippen molar-refractivity contribution in [1.82, 2.24) is 9.97 Å². The maximum absolute atomic E-state index is 12.0. The van der Waals surface area contributed by atoms with E-state index in [1.165, 1.54) is 20.3 Å². The smallest absolute Gasteiger partial charge is 0.155 e. The molecule has 2 aliphatic rings. The summed E-state index contributed by atoms with van der Waals surface area (Å²) in [6.45, 7) is 7.88. The number of piperidine rings is 1. The Labute approximate surface area is 255 Å². The topological polar surface area (TPSA) is 110 Å². The van der Waals surface area contributed by atoms with Gasteiger partial charge in [0.1, 0.15) is 23.1 Å². The van der Waals surface area contributed by atoms with Crippen molar-refractivity contribution >= 4 is 51.4 Å². The molecule has 2 aliphatic heterocycles. The van der Waals surface area contributed by atoms with E-state index in [0.29, 0.717) is 84.2 Å². The molecule has 0 radical (unpaired) electrons. The number of ketones is 1. The second kappa shape index (κ2) is 12.3. The lowest BCUT2D eigenvalue weighted by molar-refractivity contribution is -0.115. The van der Waals surface area contributed by atoms with Crippen LogP contribution in [0.2, 0.25) is 10.0 Å². The third kappa shape index (κ3) is 5.84. The number of nitriles is 1. The summed E-state index contributed by atoms with van der Waals surface area (Å²) in [5, 5.41) is 15.5. The molecule has 2 atom stereocenters. The van der Waals surface area contributed by atoms with Gasteiger partial charge in [0.15, 0.2) is 5.78 Å². The number of anilines is 2. The monoisotopic (exact) mass is 609 g/mol. The maximum Gasteiger partial charge on any atom is 0.155 e. The van der Waals surface area contributed by atoms with Crippen molar-refractivity contribution < 1.29 is 19.0 Å². The van der Waals surface area contributed by atoms with Crippen LogP contribution in [-0.2, 0) is 9.53 Å². The van der Waals surface area contributed by atoms with Gasteiger partial charge in [-0.15, -0.1) is 0 Å². The first kappa shape index (κ1) is 29.9. The van der Waals surface area contributed by atoms with Crippen LogP contribution in [0.5, 0.6) is 11.5 Å². The Morgan fingerprint density at radius 2 is 1.90 bits per heavy atom. The number of nitrogens with one attached hydrogen (secondary N) is 1. The third-order valence-corrected chi connectivity index (χ3v) is 8.93. The van der Waals surface area contributed by atoms with E-state index in [9.17, 15) is 10.1 Å². The fraction of sp³-hybridized carbons (Fsp3) is 0.419. The summed E-state index contributed by atoms with van der Waals surface area (Å²) in [7, 11) is 3.06. The molecule has 0 aliphatic carbocycles. The van der Waals surface area contributed by atoms with E-state index in [-0.39, 0.29) is 23.2 Å². The summed E-state index contributed by atoms with van der Waals surface area (Å²) >= 11 is 13.6. The standard InChI is InChI=1S/C31H33Cl2N5O4/c1-5-20(39)10-19-15-42-16-23(19)36-26-12-21-18(14-35-26)11-22(27-28(32)24(40-3)13-25(41-4)29(27)33)37-30(21)38-8-6-31(2,17-34)7-9-38/h5,11-14,19,23H,1,6-10,15-16H2,2-4H3,(H,35,36)/t19-,23+/m0/s1. The molecule has 0 spiro atoms. The van der Waals surface area contributed by atoms with Gasteiger partial charge in [0.05, 0.1) is 60.7 Å². The number of carbonyl (C=O) groups is 1. The molecule has 4 heterocycles. The maximum atomic E-state index is 12.0. The highest BCUT2D eigenvalue weighted by atomic mass is 35.5. The van der Waals surface area contributed by atoms with Crippen LogP contribution < -0.4 is 19.7 Å². The van der Waals surface area contributed by atoms with E-state index >= 15 is 0 Å². The molecule has 9 nitrogen and oxygen atoms in total. The average molecular weight is 611 g/mol. The molecule has 11 heteroatoms. The van der Waals surface area contributed by atoms with Gasteiger partial charge < -0.3 is 24.4 Å². The van der Waals surface area contributed by atoms with Gasteiger partial charge in [-0.2, -0.15) is 5.26 Å². The molecule has 42 heavy (non-hydrogen) atoms. The molecular formula is C31H33Cl2N5O4. The van der Waals surface area contributed by atoms with Gasteiger partial charge in [-0.1, -0.05) is 29.8 Å². The highest BCUT2D eigenvalue weighted by Gasteiger charge is 2.33. The van der Waals surface area contributed by atoms with Crippen molar-refractivity contribution in [2.24, 2.45) is 11.3 Å². The van der Waals surface area contributed by atoms with Gasteiger partial charge in [0.2, 0.25) is 0 Å². The second-order valence-corrected chi connectivity index (χ2v) is 11.7. The van der Waals surface area contributed by atoms with Crippen molar-refractivity contribution in [3.63, 3.8) is 0 Å². The van der Waals surface area contributed by atoms with Crippen LogP contribution in [0.3, 0.4) is 0 Å². The summed E-state index contributed by atoms with van der Waals surface area (Å²) in [6, 6.07) is 7.91. The first-order valence-corrected chi connectivity index (χ1v) is 14.5. The molecule has 2 fully saturated rings. The van der Waals surface area contributed by atoms with Crippen LogP contribution in [0.15, 0.2) is 37.1 Å². The number of fused-ring (bicyclic) bond motifs is 1. The van der Waals surface area contributed by atoms with E-state index in [4.69, 9.17) is 47.4 Å². The SMILES string of the molecule is C=CC(=O)C[C@H]1COC[C@H]1Nc1cc2c(N3CCC(C)(C#N)CC3)nc(-c3c(Cl)c(OC)cc(OC)c3Cl)cc2cn1. The van der Waals surface area contributed by atoms with Crippen LogP contribution in [0.25, 0.3) is 22.0 Å². The number of rotatable bonds is 9. The Kier molecular flexibility index (Phi) is 8.78. The largest absolute Gasteiger partial charge is 0.495 e. The molecule has 2 aromatic heterocycles. The van der Waals surface area contributed by atoms with Crippen molar-refractivity contribution in [2.45, 2.75) is 32.2 Å². The molecule has 220 valence electrons. The average Bonchev–Trinajstić information content (AvgIpc) is 3.43. The predicted molar refractivity (Wildman–Crippen MR) is 165 cm³/mol. The van der Waals surface area contributed by atoms with Gasteiger partial charge in [0, 0.05) is 54.0 Å². The van der Waals surface area contributed by atoms with Gasteiger partial charge in [-0.05, 0) is 38.0 Å². The first-order valence-electron chi connectivity index (χ1n) is 13.8. The van der Waals surface area contributed by atoms with Gasteiger partial charge in [0.25, 0.3) is 0 Å². The Morgan fingerprint density at radius 3 is 2.52 bits per heavy atom. The fourth-order valence-electron chi connectivity index (χ4n) is 5.50. The molecule has 1 aromatic carbocycles. The number of hydrogen-bond donors (Lipinski definition) is 1. The summed E-state index contributed by atoms with van der Waals surface area (Å²) in [5.74, 6) is 2.24. The number of halogens is 2. The molecule has 5 rings (SSSR count). The molecule has 2 saturated heterocycles. The number of allylic oxidation sites excluding steroid dienone is 1. The number of ether oxygens (including phenoxy) is 3. The van der Waals surface area contributed by atoms with Crippen LogP contribution in [0.1, 0.15) is 26.2 Å². The van der Waals surface area contributed by atoms with Crippen LogP contribution >= 0.6 is 23.2 Å². The molecular weight excluding hydrogens is 577 g/mol. The minimum absolute atomic E-state index is 0.0104. The minimum atomic E-state index is -0.384. The van der Waals surface area contributed by atoms with Gasteiger partial charge in [-0.25, -0.2) is 9.97 Å². The highest BCUT2D eigenvalue weighted by Crippen LogP contribution is 2.47. The minimum Gasteiger partial charge on any atom is -0.495 e. The van der Waals surface area contributed by atoms with Crippen molar-refractivity contribution in [3.05, 3.63) is 47.1 Å². The summed E-state index contributed by atoms with van der Waals surface area (Å²) in [4.78, 5) is 24.0. The normalized spacial score (nSPS) is 19.8. The first-order chi connectivity index (χ1) is 20.2. The van der Waals surface area contributed by atoms with Crippen molar-refractivity contribution in [2.75, 3.05) is 50.7 Å². The lowest BCUT2D eigenvalue weighted by Crippen LogP contribution is -2.38. The summed E-state index contributed by atoms with van der Waals surface area (Å²) in [6.07, 6.45) is 4.92. The number of aromatic nitrogens is 2. The lowest BCUT2D eigenvalue weighted by atomic mass is 9.82. The summed E-state index contributed by atoms with van der Waals surface area (Å²) < 4.78 is 16.7. The Balaban J connectivity index is 1.60. The molecule has 0 amide bonds. The third-order valence-electron chi connectivity index (χ3n) is 8.18. The number of carbonyl (C=O) groups excluding carboxylic acids is 1. The molecule has 0 bridgehead atoms. The van der Waals surface area contributed by atoms with Gasteiger partial charge >= 0.3 is 0 Å². The van der Waals surface area contributed by atoms with Crippen molar-refractivity contribution in [3.8, 4) is 28.8 Å². The van der Waals surface area contributed by atoms with Crippen LogP contribution in [0.4, 0.5) is 11.6 Å². The molecule has 1 N–H and O–H groups in total. The van der Waals surface area contributed by atoms with E-state index in [1.807, 2.05) is 19.1 Å². The summed E-state index contributed by atoms with van der Waals surface area (Å²) in [5.41, 5.74) is 0.662. The Morgan fingerprint density at radius 1 is 1.21 bits per heavy atom. The highest BCUT2D eigenvalue weighted by molar-refractivity contribution is 6.41. The number of methoxy groups -OCH3 is 2. The van der Waals surface area contributed by atoms with E-state index in [1.54, 1.807) is 12.3 Å². The number of pyridine rings is 2. The van der Waals surface area contributed by atoms with E-state index in [0.717, 1.165) is 16.6 Å². The zero-order valence-electron chi connectivity index (χ0n) is 23.9. The zero-order valence-corrected chi connectivity index (χ0v) is 25.4. The zero-order chi connectivity index (χ0) is 30.0. The second-order valence-electron chi connectivity index (χ2n) is 11.0. The van der Waals surface area contributed by atoms with Gasteiger partial charge in [-0.3, -0.25) is 4.79 Å². The Hall–Kier alpha value is -3.58. The number of nitrogens with zero attached hydrogens (tertiary/aromatic N) is 4. The molecule has 0 unspecified atom stereocenters. The fourth-order valence-corrected chi connectivity index (χ4v) is 6.20. The van der Waals surface area contributed by atoms with Crippen LogP contribution in [-0.4, -0.2) is 62.3 Å². The predicted octanol–water partition coefficient (Wildman–Crippen LogP) is 6.32. The van der Waals surface area contributed by atoms with Crippen LogP contribution in [0, 0.1) is 22.7 Å². The number of hydrogen-bond acceptors (Lipinski definition) is 9. The van der Waals surface area contributed by atoms with E-state index < -0.39 is 0 Å². The lowest BCUT2D eigenvalue weighted by Gasteiger charge is -2.36. The molecule has 3 aromatic rings. The van der Waals surface area contributed by atoms with E-state index in [2.05, 4.69) is 22.9 Å².